The van der Waals surface area contributed by atoms with Crippen molar-refractivity contribution in [1.29, 1.82) is 0 Å². The van der Waals surface area contributed by atoms with Crippen LogP contribution >= 0.6 is 0 Å². The number of benzene rings is 7. The Morgan fingerprint density at radius 1 is 0.484 bits per heavy atom. The molecule has 2 heterocycles. The number of pyridine rings is 1. The number of rotatable bonds is 7. The van der Waals surface area contributed by atoms with Gasteiger partial charge in [0.05, 0.1) is 29.1 Å². The summed E-state index contributed by atoms with van der Waals surface area (Å²) < 4.78 is 44.2. The van der Waals surface area contributed by atoms with Crippen LogP contribution in [0.3, 0.4) is 0 Å². The van der Waals surface area contributed by atoms with Gasteiger partial charge < -0.3 is 5.11 Å². The van der Waals surface area contributed by atoms with Crippen molar-refractivity contribution >= 4 is 11.0 Å². The van der Waals surface area contributed by atoms with Crippen molar-refractivity contribution in [2.24, 2.45) is 0 Å². The third kappa shape index (κ3) is 8.29. The Balaban J connectivity index is 1.25. The molecule has 4 nitrogen and oxygen atoms in total. The summed E-state index contributed by atoms with van der Waals surface area (Å²) in [7, 11) is 0. The monoisotopic (exact) mass is 840 g/mol. The van der Waals surface area contributed by atoms with E-state index in [9.17, 15) is 5.11 Å². The second-order valence-electron chi connectivity index (χ2n) is 19.8. The summed E-state index contributed by atoms with van der Waals surface area (Å²) in [6, 6.07) is 45.8. The molecule has 0 unspecified atom stereocenters. The zero-order valence-corrected chi connectivity index (χ0v) is 38.1. The summed E-state index contributed by atoms with van der Waals surface area (Å²) in [5, 5.41) is 12.4. The molecule has 0 aliphatic carbocycles. The Morgan fingerprint density at radius 3 is 1.73 bits per heavy atom. The molecule has 0 bridgehead atoms. The van der Waals surface area contributed by atoms with Gasteiger partial charge in [-0.2, -0.15) is 0 Å². The predicted octanol–water partition coefficient (Wildman–Crippen LogP) is 16.0. The lowest BCUT2D eigenvalue weighted by molar-refractivity contribution is 0.446. The lowest BCUT2D eigenvalue weighted by Crippen LogP contribution is -2.17. The number of aromatic nitrogens is 3. The van der Waals surface area contributed by atoms with Gasteiger partial charge in [0.25, 0.3) is 0 Å². The van der Waals surface area contributed by atoms with E-state index >= 15 is 0 Å². The van der Waals surface area contributed by atoms with Gasteiger partial charge in [-0.1, -0.05) is 184 Å². The van der Waals surface area contributed by atoms with Crippen molar-refractivity contribution in [1.82, 2.24) is 14.5 Å². The fraction of sp³-hybridized carbons (Fsp3) is 0.200. The van der Waals surface area contributed by atoms with E-state index in [1.54, 1.807) is 12.1 Å². The molecule has 0 radical (unpaired) electrons. The minimum Gasteiger partial charge on any atom is -0.507 e. The molecule has 0 saturated heterocycles. The van der Waals surface area contributed by atoms with Crippen molar-refractivity contribution in [2.45, 2.75) is 78.6 Å². The van der Waals surface area contributed by atoms with Crippen LogP contribution in [0.5, 0.6) is 5.75 Å². The Hall–Kier alpha value is -7.04. The van der Waals surface area contributed by atoms with Crippen LogP contribution in [0.15, 0.2) is 176 Å². The van der Waals surface area contributed by atoms with Gasteiger partial charge in [0.1, 0.15) is 11.6 Å². The average Bonchev–Trinajstić information content (AvgIpc) is 3.72. The zero-order valence-electron chi connectivity index (χ0n) is 43.1. The molecule has 0 spiro atoms. The summed E-state index contributed by atoms with van der Waals surface area (Å²) >= 11 is 0. The molecular formula is C60H57N3O. The normalized spacial score (nSPS) is 13.3. The number of imidazole rings is 1. The second kappa shape index (κ2) is 16.3. The van der Waals surface area contributed by atoms with E-state index < -0.39 is 11.5 Å². The van der Waals surface area contributed by atoms with Gasteiger partial charge in [-0.05, 0) is 115 Å². The molecule has 4 heteroatoms. The fourth-order valence-corrected chi connectivity index (χ4v) is 8.37. The summed E-state index contributed by atoms with van der Waals surface area (Å²) in [5.74, 6) is 0.698. The number of hydrogen-bond donors (Lipinski definition) is 1. The van der Waals surface area contributed by atoms with Crippen molar-refractivity contribution in [3.63, 3.8) is 0 Å². The molecule has 0 fully saturated rings. The number of hydrogen-bond acceptors (Lipinski definition) is 3. The summed E-state index contributed by atoms with van der Waals surface area (Å²) in [4.78, 5) is 10.5. The van der Waals surface area contributed by atoms with E-state index in [1.807, 2.05) is 36.5 Å². The van der Waals surface area contributed by atoms with Crippen LogP contribution in [-0.4, -0.2) is 19.6 Å². The lowest BCUT2D eigenvalue weighted by atomic mass is 9.79. The predicted molar refractivity (Wildman–Crippen MR) is 269 cm³/mol. The first kappa shape index (κ1) is 36.4. The smallest absolute Gasteiger partial charge is 0.149 e. The molecule has 0 atom stereocenters. The number of phenols is 1. The number of fused-ring (bicyclic) bond motifs is 1. The highest BCUT2D eigenvalue weighted by Gasteiger charge is 2.29. The Kier molecular flexibility index (Phi) is 9.26. The van der Waals surface area contributed by atoms with Gasteiger partial charge in [-0.25, -0.2) is 4.98 Å². The zero-order chi connectivity index (χ0) is 49.3. The van der Waals surface area contributed by atoms with Crippen molar-refractivity contribution in [3.05, 3.63) is 193 Å². The van der Waals surface area contributed by atoms with Crippen LogP contribution in [0.1, 0.15) is 85.9 Å². The first-order chi connectivity index (χ1) is 32.6. The highest BCUT2D eigenvalue weighted by atomic mass is 16.3. The van der Waals surface area contributed by atoms with Crippen LogP contribution in [0.25, 0.3) is 83.9 Å². The van der Waals surface area contributed by atoms with Crippen LogP contribution < -0.4 is 0 Å². The van der Waals surface area contributed by atoms with Gasteiger partial charge in [-0.3, -0.25) is 9.55 Å². The number of para-hydroxylation sites is 1. The van der Waals surface area contributed by atoms with Gasteiger partial charge in [0.15, 0.2) is 0 Å². The molecule has 9 aromatic rings. The summed E-state index contributed by atoms with van der Waals surface area (Å²) in [6.45, 7) is 19.4. The van der Waals surface area contributed by atoms with Crippen LogP contribution in [-0.2, 0) is 16.2 Å². The molecule has 0 aliphatic heterocycles. The Bertz CT molecular complexity index is 3400. The van der Waals surface area contributed by atoms with E-state index in [0.29, 0.717) is 17.0 Å². The SMILES string of the molecule is [2H]c1c([2H])c([2H])c(-c2ccc(-n3c(-c4cc(C(C)(C)C)cc(C(C)(C)C)c4O)nc4c(-c5cc(-c6cc(-c7ccc(-c8ccccc8)cc7)ccn6)cc(C(C)(C)C)c5)cccc43)cc2)c([2H])c1[2H]. The van der Waals surface area contributed by atoms with Crippen molar-refractivity contribution < 1.29 is 12.0 Å². The maximum absolute atomic E-state index is 12.4. The molecule has 0 saturated carbocycles. The number of aromatic hydroxyl groups is 1. The standard InChI is InChI=1S/C60H57N3O/c1-58(2,3)47-34-45(33-46(35-47)53-36-44(31-32-61-53)43-25-23-41(24-26-43)39-17-12-10-13-18-39)50-21-16-22-54-55(50)62-57(51-37-48(59(4,5)6)38-52(56(51)64)60(7,8)9)63(54)49-29-27-42(28-30-49)40-19-14-11-15-20-40/h10-38,64H,1-9H3/i11D,14D,15D,19D,20D. The first-order valence-electron chi connectivity index (χ1n) is 24.5. The maximum Gasteiger partial charge on any atom is 0.149 e. The third-order valence-electron chi connectivity index (χ3n) is 12.1. The largest absolute Gasteiger partial charge is 0.507 e. The quantitative estimate of drug-likeness (QED) is 0.174. The Labute approximate surface area is 386 Å². The van der Waals surface area contributed by atoms with Gasteiger partial charge in [0.2, 0.25) is 0 Å². The molecule has 64 heavy (non-hydrogen) atoms. The minimum absolute atomic E-state index is 0.131. The number of nitrogens with zero attached hydrogens (tertiary/aromatic N) is 3. The molecule has 1 N–H and O–H groups in total. The van der Waals surface area contributed by atoms with Gasteiger partial charge in [0, 0.05) is 28.6 Å². The lowest BCUT2D eigenvalue weighted by Gasteiger charge is -2.27. The third-order valence-corrected chi connectivity index (χ3v) is 12.1. The molecule has 2 aromatic heterocycles. The fourth-order valence-electron chi connectivity index (χ4n) is 8.37. The molecule has 7 aromatic carbocycles. The maximum atomic E-state index is 12.4. The first-order valence-corrected chi connectivity index (χ1v) is 22.0. The van der Waals surface area contributed by atoms with Crippen molar-refractivity contribution in [3.8, 4) is 78.6 Å². The molecule has 9 rings (SSSR count). The van der Waals surface area contributed by atoms with Gasteiger partial charge >= 0.3 is 0 Å². The van der Waals surface area contributed by atoms with Crippen LogP contribution in [0.4, 0.5) is 0 Å². The molecular weight excluding hydrogens is 779 g/mol. The van der Waals surface area contributed by atoms with E-state index in [-0.39, 0.29) is 46.3 Å². The molecule has 0 amide bonds. The van der Waals surface area contributed by atoms with Crippen LogP contribution in [0, 0.1) is 0 Å². The molecule has 318 valence electrons. The highest BCUT2D eigenvalue weighted by Crippen LogP contribution is 2.45. The van der Waals surface area contributed by atoms with Crippen molar-refractivity contribution in [2.75, 3.05) is 0 Å². The molecule has 0 aliphatic rings. The van der Waals surface area contributed by atoms with Gasteiger partial charge in [-0.15, -0.1) is 0 Å². The van der Waals surface area contributed by atoms with E-state index in [1.165, 1.54) is 5.56 Å². The van der Waals surface area contributed by atoms with E-state index in [4.69, 9.17) is 16.8 Å². The highest BCUT2D eigenvalue weighted by molar-refractivity contribution is 5.97. The summed E-state index contributed by atoms with van der Waals surface area (Å²) in [5.41, 5.74) is 13.8. The number of phenolic OH excluding ortho intramolecular Hbond substituents is 1. The van der Waals surface area contributed by atoms with Crippen LogP contribution in [0.2, 0.25) is 0 Å². The minimum atomic E-state index is -0.433. The Morgan fingerprint density at radius 2 is 1.08 bits per heavy atom. The van der Waals surface area contributed by atoms with E-state index in [0.717, 1.165) is 72.5 Å². The summed E-state index contributed by atoms with van der Waals surface area (Å²) in [6.07, 6.45) is 1.88. The average molecular weight is 841 g/mol. The second-order valence-corrected chi connectivity index (χ2v) is 19.8. The topological polar surface area (TPSA) is 50.9 Å². The van der Waals surface area contributed by atoms with E-state index in [2.05, 4.69) is 164 Å².